The van der Waals surface area contributed by atoms with Crippen molar-refractivity contribution in [3.8, 4) is 11.5 Å². The second kappa shape index (κ2) is 4.65. The van der Waals surface area contributed by atoms with Crippen LogP contribution in [0.3, 0.4) is 0 Å². The maximum Gasteiger partial charge on any atom is 0.223 e. The molecule has 5 heteroatoms. The van der Waals surface area contributed by atoms with Crippen LogP contribution in [0, 0.1) is 5.92 Å². The lowest BCUT2D eigenvalue weighted by Crippen LogP contribution is -2.24. The van der Waals surface area contributed by atoms with Gasteiger partial charge in [-0.25, -0.2) is 0 Å². The first-order chi connectivity index (χ1) is 8.78. The number of likely N-dealkylation sites (tertiary alicyclic amines) is 1. The normalized spacial score (nSPS) is 22.3. The highest BCUT2D eigenvalue weighted by atomic mass is 32.1. The maximum absolute atomic E-state index is 11.8. The molecule has 3 heterocycles. The van der Waals surface area contributed by atoms with Gasteiger partial charge in [0.25, 0.3) is 0 Å². The van der Waals surface area contributed by atoms with Gasteiger partial charge in [-0.05, 0) is 0 Å². The Labute approximate surface area is 110 Å². The summed E-state index contributed by atoms with van der Waals surface area (Å²) in [6, 6.07) is 0. The molecule has 0 aliphatic carbocycles. The quantitative estimate of drug-likeness (QED) is 0.785. The van der Waals surface area contributed by atoms with Gasteiger partial charge >= 0.3 is 0 Å². The molecular formula is C13H15NO3S. The van der Waals surface area contributed by atoms with Crippen molar-refractivity contribution in [3.05, 3.63) is 22.9 Å². The zero-order valence-corrected chi connectivity index (χ0v) is 10.9. The smallest absolute Gasteiger partial charge is 0.223 e. The molecule has 4 nitrogen and oxygen atoms in total. The number of fused-ring (bicyclic) bond motifs is 1. The monoisotopic (exact) mass is 265 g/mol. The fourth-order valence-electron chi connectivity index (χ4n) is 2.31. The van der Waals surface area contributed by atoms with Crippen LogP contribution in [0.2, 0.25) is 0 Å². The molecule has 18 heavy (non-hydrogen) atoms. The summed E-state index contributed by atoms with van der Waals surface area (Å²) in [6.45, 7) is 6.32. The van der Waals surface area contributed by atoms with Crippen molar-refractivity contribution < 1.29 is 14.3 Å². The Morgan fingerprint density at radius 1 is 1.50 bits per heavy atom. The van der Waals surface area contributed by atoms with Gasteiger partial charge in [-0.2, -0.15) is 0 Å². The van der Waals surface area contributed by atoms with Crippen LogP contribution < -0.4 is 9.47 Å². The van der Waals surface area contributed by atoms with Crippen molar-refractivity contribution in [1.29, 1.82) is 0 Å². The minimum absolute atomic E-state index is 0.193. The number of carbonyl (C=O) groups excluding carboxylic acids is 1. The lowest BCUT2D eigenvalue weighted by Gasteiger charge is -2.19. The lowest BCUT2D eigenvalue weighted by molar-refractivity contribution is -0.128. The van der Waals surface area contributed by atoms with Gasteiger partial charge in [-0.3, -0.25) is 4.79 Å². The lowest BCUT2D eigenvalue weighted by atomic mass is 10.1. The van der Waals surface area contributed by atoms with Gasteiger partial charge in [0, 0.05) is 24.3 Å². The van der Waals surface area contributed by atoms with E-state index in [9.17, 15) is 4.79 Å². The van der Waals surface area contributed by atoms with E-state index in [4.69, 9.17) is 9.47 Å². The van der Waals surface area contributed by atoms with E-state index < -0.39 is 0 Å². The molecule has 1 aromatic heterocycles. The van der Waals surface area contributed by atoms with Crippen molar-refractivity contribution >= 4 is 17.2 Å². The predicted octanol–water partition coefficient (Wildman–Crippen LogP) is 2.05. The van der Waals surface area contributed by atoms with Crippen LogP contribution in [-0.2, 0) is 11.3 Å². The highest BCUT2D eigenvalue weighted by molar-refractivity contribution is 7.10. The number of amides is 1. The van der Waals surface area contributed by atoms with Crippen molar-refractivity contribution in [2.24, 2.45) is 5.92 Å². The first kappa shape index (κ1) is 11.6. The van der Waals surface area contributed by atoms with E-state index in [1.807, 2.05) is 16.4 Å². The molecule has 2 aliphatic rings. The Kier molecular flexibility index (Phi) is 2.99. The molecule has 1 saturated heterocycles. The Bertz CT molecular complexity index is 483. The largest absolute Gasteiger partial charge is 0.485 e. The average molecular weight is 265 g/mol. The maximum atomic E-state index is 11.8. The van der Waals surface area contributed by atoms with Gasteiger partial charge in [-0.1, -0.05) is 6.08 Å². The number of carbonyl (C=O) groups is 1. The standard InChI is InChI=1S/C13H15NO3S/c1-2-9-5-12(15)14(6-9)7-11-13-10(8-18-11)16-3-4-17-13/h2,8-9H,1,3-7H2. The van der Waals surface area contributed by atoms with E-state index in [0.717, 1.165) is 22.9 Å². The van der Waals surface area contributed by atoms with Gasteiger partial charge < -0.3 is 14.4 Å². The Morgan fingerprint density at radius 3 is 3.11 bits per heavy atom. The first-order valence-electron chi connectivity index (χ1n) is 6.04. The van der Waals surface area contributed by atoms with Crippen LogP contribution in [-0.4, -0.2) is 30.6 Å². The first-order valence-corrected chi connectivity index (χ1v) is 6.92. The van der Waals surface area contributed by atoms with Gasteiger partial charge in [0.05, 0.1) is 11.4 Å². The molecule has 1 aromatic rings. The number of nitrogens with zero attached hydrogens (tertiary/aromatic N) is 1. The molecule has 1 amide bonds. The summed E-state index contributed by atoms with van der Waals surface area (Å²) in [4.78, 5) is 14.8. The fraction of sp³-hybridized carbons (Fsp3) is 0.462. The molecule has 2 aliphatic heterocycles. The summed E-state index contributed by atoms with van der Waals surface area (Å²) in [6.07, 6.45) is 2.44. The average Bonchev–Trinajstić information content (AvgIpc) is 2.95. The highest BCUT2D eigenvalue weighted by Crippen LogP contribution is 2.40. The zero-order valence-electron chi connectivity index (χ0n) is 10.1. The van der Waals surface area contributed by atoms with Crippen molar-refractivity contribution in [1.82, 2.24) is 4.90 Å². The van der Waals surface area contributed by atoms with Crippen LogP contribution >= 0.6 is 11.3 Å². The topological polar surface area (TPSA) is 38.8 Å². The number of thiophene rings is 1. The summed E-state index contributed by atoms with van der Waals surface area (Å²) < 4.78 is 11.1. The van der Waals surface area contributed by atoms with Crippen LogP contribution in [0.5, 0.6) is 11.5 Å². The third kappa shape index (κ3) is 1.99. The molecule has 1 atom stereocenters. The number of ether oxygens (including phenoxy) is 2. The van der Waals surface area contributed by atoms with E-state index in [-0.39, 0.29) is 11.8 Å². The molecule has 0 N–H and O–H groups in total. The summed E-state index contributed by atoms with van der Waals surface area (Å²) >= 11 is 1.59. The molecule has 96 valence electrons. The second-order valence-corrected chi connectivity index (χ2v) is 5.49. The number of hydrogen-bond acceptors (Lipinski definition) is 4. The van der Waals surface area contributed by atoms with E-state index in [1.165, 1.54) is 0 Å². The van der Waals surface area contributed by atoms with Crippen molar-refractivity contribution in [3.63, 3.8) is 0 Å². The highest BCUT2D eigenvalue weighted by Gasteiger charge is 2.29. The third-order valence-corrected chi connectivity index (χ3v) is 4.22. The minimum Gasteiger partial charge on any atom is -0.485 e. The van der Waals surface area contributed by atoms with Gasteiger partial charge in [-0.15, -0.1) is 17.9 Å². The Hall–Kier alpha value is -1.49. The molecule has 3 rings (SSSR count). The van der Waals surface area contributed by atoms with Gasteiger partial charge in [0.15, 0.2) is 11.5 Å². The molecular weight excluding hydrogens is 250 g/mol. The van der Waals surface area contributed by atoms with Gasteiger partial charge in [0.2, 0.25) is 5.91 Å². The number of rotatable bonds is 3. The van der Waals surface area contributed by atoms with Crippen LogP contribution in [0.25, 0.3) is 0 Å². The molecule has 0 spiro atoms. The minimum atomic E-state index is 0.193. The molecule has 0 saturated carbocycles. The van der Waals surface area contributed by atoms with Crippen LogP contribution in [0.15, 0.2) is 18.0 Å². The SMILES string of the molecule is C=CC1CC(=O)N(Cc2scc3c2OCCO3)C1. The molecule has 0 radical (unpaired) electrons. The Balaban J connectivity index is 1.75. The van der Waals surface area contributed by atoms with Crippen molar-refractivity contribution in [2.75, 3.05) is 19.8 Å². The van der Waals surface area contributed by atoms with Gasteiger partial charge in [0.1, 0.15) is 13.2 Å². The summed E-state index contributed by atoms with van der Waals surface area (Å²) in [5.41, 5.74) is 0. The summed E-state index contributed by atoms with van der Waals surface area (Å²) in [5, 5.41) is 1.95. The number of hydrogen-bond donors (Lipinski definition) is 0. The van der Waals surface area contributed by atoms with E-state index in [0.29, 0.717) is 26.2 Å². The molecule has 0 aromatic carbocycles. The van der Waals surface area contributed by atoms with Crippen molar-refractivity contribution in [2.45, 2.75) is 13.0 Å². The molecule has 0 bridgehead atoms. The zero-order chi connectivity index (χ0) is 12.5. The van der Waals surface area contributed by atoms with Crippen LogP contribution in [0.1, 0.15) is 11.3 Å². The predicted molar refractivity (Wildman–Crippen MR) is 69.0 cm³/mol. The van der Waals surface area contributed by atoms with E-state index in [1.54, 1.807) is 11.3 Å². The van der Waals surface area contributed by atoms with E-state index >= 15 is 0 Å². The summed E-state index contributed by atoms with van der Waals surface area (Å²) in [7, 11) is 0. The third-order valence-electron chi connectivity index (χ3n) is 3.28. The summed E-state index contributed by atoms with van der Waals surface area (Å²) in [5.74, 6) is 2.11. The molecule has 1 fully saturated rings. The molecule has 1 unspecified atom stereocenters. The Morgan fingerprint density at radius 2 is 2.33 bits per heavy atom. The van der Waals surface area contributed by atoms with Crippen LogP contribution in [0.4, 0.5) is 0 Å². The van der Waals surface area contributed by atoms with E-state index in [2.05, 4.69) is 6.58 Å². The fourth-order valence-corrected chi connectivity index (χ4v) is 3.23. The second-order valence-electron chi connectivity index (χ2n) is 4.52.